The van der Waals surface area contributed by atoms with Crippen molar-refractivity contribution in [2.45, 2.75) is 290 Å². The lowest BCUT2D eigenvalue weighted by atomic mass is 10.0. The molecule has 0 aromatic heterocycles. The number of hydrogen-bond acceptors (Lipinski definition) is 6. The van der Waals surface area contributed by atoms with Crippen molar-refractivity contribution >= 4 is 17.9 Å². The van der Waals surface area contributed by atoms with Crippen LogP contribution in [0.2, 0.25) is 0 Å². The average molecular weight is 950 g/mol. The van der Waals surface area contributed by atoms with Gasteiger partial charge in [-0.3, -0.25) is 14.4 Å². The van der Waals surface area contributed by atoms with Crippen molar-refractivity contribution in [3.63, 3.8) is 0 Å². The Hall–Kier alpha value is -3.15. The van der Waals surface area contributed by atoms with Crippen LogP contribution in [-0.4, -0.2) is 37.2 Å². The molecule has 6 heteroatoms. The summed E-state index contributed by atoms with van der Waals surface area (Å²) in [5.41, 5.74) is 0. The lowest BCUT2D eigenvalue weighted by Crippen LogP contribution is -2.30. The van der Waals surface area contributed by atoms with Gasteiger partial charge in [0.1, 0.15) is 13.2 Å². The van der Waals surface area contributed by atoms with Gasteiger partial charge in [0, 0.05) is 19.3 Å². The van der Waals surface area contributed by atoms with Crippen LogP contribution >= 0.6 is 0 Å². The first-order chi connectivity index (χ1) is 33.5. The molecule has 0 unspecified atom stereocenters. The number of carbonyl (C=O) groups excluding carboxylic acids is 3. The van der Waals surface area contributed by atoms with E-state index in [9.17, 15) is 14.4 Å². The quantitative estimate of drug-likeness (QED) is 0.0262. The van der Waals surface area contributed by atoms with Crippen LogP contribution in [0.1, 0.15) is 284 Å². The van der Waals surface area contributed by atoms with Gasteiger partial charge in [0.15, 0.2) is 6.10 Å². The van der Waals surface area contributed by atoms with Crippen LogP contribution in [0, 0.1) is 0 Å². The number of rotatable bonds is 52. The van der Waals surface area contributed by atoms with Gasteiger partial charge >= 0.3 is 17.9 Å². The van der Waals surface area contributed by atoms with Gasteiger partial charge in [-0.1, -0.05) is 248 Å². The summed E-state index contributed by atoms with van der Waals surface area (Å²) in [6.07, 6.45) is 71.8. The number of esters is 3. The lowest BCUT2D eigenvalue weighted by Gasteiger charge is -2.18. The molecule has 0 amide bonds. The topological polar surface area (TPSA) is 78.9 Å². The fourth-order valence-corrected chi connectivity index (χ4v) is 8.05. The van der Waals surface area contributed by atoms with Gasteiger partial charge in [-0.15, -0.1) is 0 Å². The SMILES string of the molecule is CCCCC/C=C\C/C=C\C/C=C\C/C=C\CCCC(=O)O[C@@H](COC(=O)CCCCCCCCCCC/C=C\C/C=C\CCCCC)COC(=O)CCCCCCCCCCCCCCCC. The van der Waals surface area contributed by atoms with Crippen molar-refractivity contribution < 1.29 is 28.6 Å². The van der Waals surface area contributed by atoms with Crippen LogP contribution in [0.4, 0.5) is 0 Å². The Balaban J connectivity index is 4.44. The van der Waals surface area contributed by atoms with E-state index < -0.39 is 6.10 Å². The molecular formula is C62H108O6. The van der Waals surface area contributed by atoms with E-state index in [0.717, 1.165) is 70.6 Å². The summed E-state index contributed by atoms with van der Waals surface area (Å²) in [6.45, 7) is 6.56. The van der Waals surface area contributed by atoms with E-state index >= 15 is 0 Å². The van der Waals surface area contributed by atoms with Gasteiger partial charge in [-0.2, -0.15) is 0 Å². The molecule has 1 atom stereocenters. The molecule has 0 aliphatic carbocycles. The van der Waals surface area contributed by atoms with Gasteiger partial charge in [-0.25, -0.2) is 0 Å². The van der Waals surface area contributed by atoms with Crippen molar-refractivity contribution in [1.29, 1.82) is 0 Å². The third-order valence-corrected chi connectivity index (χ3v) is 12.4. The summed E-state index contributed by atoms with van der Waals surface area (Å²) in [5, 5.41) is 0. The predicted molar refractivity (Wildman–Crippen MR) is 293 cm³/mol. The molecule has 0 fully saturated rings. The molecule has 0 aromatic rings. The van der Waals surface area contributed by atoms with Crippen LogP contribution in [0.25, 0.3) is 0 Å². The highest BCUT2D eigenvalue weighted by Crippen LogP contribution is 2.15. The molecule has 6 nitrogen and oxygen atoms in total. The second kappa shape index (κ2) is 56.4. The molecule has 0 saturated carbocycles. The van der Waals surface area contributed by atoms with E-state index in [4.69, 9.17) is 14.2 Å². The first-order valence-corrected chi connectivity index (χ1v) is 28.9. The van der Waals surface area contributed by atoms with Crippen molar-refractivity contribution in [3.8, 4) is 0 Å². The summed E-state index contributed by atoms with van der Waals surface area (Å²) in [5.74, 6) is -0.948. The highest BCUT2D eigenvalue weighted by molar-refractivity contribution is 5.71. The lowest BCUT2D eigenvalue weighted by molar-refractivity contribution is -0.167. The Morgan fingerprint density at radius 2 is 0.544 bits per heavy atom. The summed E-state index contributed by atoms with van der Waals surface area (Å²) in [6, 6.07) is 0. The number of ether oxygens (including phenoxy) is 3. The predicted octanol–water partition coefficient (Wildman–Crippen LogP) is 19.4. The third-order valence-electron chi connectivity index (χ3n) is 12.4. The third kappa shape index (κ3) is 53.8. The highest BCUT2D eigenvalue weighted by atomic mass is 16.6. The normalized spacial score (nSPS) is 12.6. The second-order valence-electron chi connectivity index (χ2n) is 19.2. The van der Waals surface area contributed by atoms with Crippen LogP contribution in [0.3, 0.4) is 0 Å². The van der Waals surface area contributed by atoms with Crippen molar-refractivity contribution in [3.05, 3.63) is 72.9 Å². The Bertz CT molecular complexity index is 1270. The largest absolute Gasteiger partial charge is 0.462 e. The molecule has 392 valence electrons. The summed E-state index contributed by atoms with van der Waals surface area (Å²) in [7, 11) is 0. The molecule has 0 rings (SSSR count). The van der Waals surface area contributed by atoms with Crippen molar-refractivity contribution in [2.24, 2.45) is 0 Å². The number of unbranched alkanes of at least 4 members (excludes halogenated alkanes) is 29. The van der Waals surface area contributed by atoms with E-state index in [1.54, 1.807) is 0 Å². The minimum absolute atomic E-state index is 0.0960. The molecule has 0 heterocycles. The Labute approximate surface area is 421 Å². The zero-order valence-electron chi connectivity index (χ0n) is 44.9. The number of carbonyl (C=O) groups is 3. The molecule has 0 saturated heterocycles. The van der Waals surface area contributed by atoms with E-state index in [0.29, 0.717) is 19.3 Å². The minimum Gasteiger partial charge on any atom is -0.462 e. The molecule has 0 radical (unpaired) electrons. The standard InChI is InChI=1S/C62H108O6/c1-4-7-10-13-16-19-22-25-28-30-31-33-34-37-40-43-46-49-52-55-61(64)67-58-59(57-66-60(63)54-51-48-45-42-39-36-27-24-21-18-15-12-9-6-3)68-62(65)56-53-50-47-44-41-38-35-32-29-26-23-20-17-14-11-8-5-2/h16-17,19-20,25-26,28-29,35,38,44,47,59H,4-15,18,21-24,27,30-34,36-37,39-43,45-46,48-58H2,1-3H3/b19-16-,20-17-,28-25-,29-26-,38-35-,47-44-/t59-/m1/s1. The highest BCUT2D eigenvalue weighted by Gasteiger charge is 2.19. The maximum absolute atomic E-state index is 12.8. The van der Waals surface area contributed by atoms with E-state index in [1.807, 2.05) is 0 Å². The van der Waals surface area contributed by atoms with Gasteiger partial charge < -0.3 is 14.2 Å². The van der Waals surface area contributed by atoms with E-state index in [2.05, 4.69) is 93.7 Å². The number of hydrogen-bond donors (Lipinski definition) is 0. The summed E-state index contributed by atoms with van der Waals surface area (Å²) in [4.78, 5) is 38.1. The van der Waals surface area contributed by atoms with Crippen LogP contribution < -0.4 is 0 Å². The smallest absolute Gasteiger partial charge is 0.306 e. The maximum Gasteiger partial charge on any atom is 0.306 e. The zero-order valence-corrected chi connectivity index (χ0v) is 44.9. The van der Waals surface area contributed by atoms with Crippen molar-refractivity contribution in [1.82, 2.24) is 0 Å². The summed E-state index contributed by atoms with van der Waals surface area (Å²) < 4.78 is 16.8. The molecule has 0 aromatic carbocycles. The maximum atomic E-state index is 12.8. The Kier molecular flexibility index (Phi) is 53.8. The monoisotopic (exact) mass is 949 g/mol. The Morgan fingerprint density at radius 3 is 0.897 bits per heavy atom. The van der Waals surface area contributed by atoms with Crippen LogP contribution in [-0.2, 0) is 28.6 Å². The van der Waals surface area contributed by atoms with Gasteiger partial charge in [-0.05, 0) is 89.9 Å². The zero-order chi connectivity index (χ0) is 49.3. The fraction of sp³-hybridized carbons (Fsp3) is 0.758. The van der Waals surface area contributed by atoms with Crippen LogP contribution in [0.5, 0.6) is 0 Å². The molecule has 0 bridgehead atoms. The molecule has 68 heavy (non-hydrogen) atoms. The van der Waals surface area contributed by atoms with Gasteiger partial charge in [0.2, 0.25) is 0 Å². The molecule has 0 aliphatic rings. The van der Waals surface area contributed by atoms with Crippen LogP contribution in [0.15, 0.2) is 72.9 Å². The minimum atomic E-state index is -0.804. The fourth-order valence-electron chi connectivity index (χ4n) is 8.05. The van der Waals surface area contributed by atoms with E-state index in [-0.39, 0.29) is 37.5 Å². The molecule has 0 spiro atoms. The van der Waals surface area contributed by atoms with E-state index in [1.165, 1.54) is 167 Å². The number of allylic oxidation sites excluding steroid dienone is 12. The van der Waals surface area contributed by atoms with Gasteiger partial charge in [0.25, 0.3) is 0 Å². The molecular weight excluding hydrogens is 841 g/mol. The Morgan fingerprint density at radius 1 is 0.294 bits per heavy atom. The molecule has 0 aliphatic heterocycles. The first-order valence-electron chi connectivity index (χ1n) is 28.9. The molecule has 0 N–H and O–H groups in total. The average Bonchev–Trinajstić information content (AvgIpc) is 3.34. The van der Waals surface area contributed by atoms with Crippen molar-refractivity contribution in [2.75, 3.05) is 13.2 Å². The van der Waals surface area contributed by atoms with Gasteiger partial charge in [0.05, 0.1) is 0 Å². The second-order valence-corrected chi connectivity index (χ2v) is 19.2. The first kappa shape index (κ1) is 64.8. The summed E-state index contributed by atoms with van der Waals surface area (Å²) >= 11 is 0.